The number of hydrogen-bond acceptors (Lipinski definition) is 7. The molecule has 0 unspecified atom stereocenters. The quantitative estimate of drug-likeness (QED) is 0.305. The minimum Gasteiger partial charge on any atom is -0.439 e. The fourth-order valence-electron chi connectivity index (χ4n) is 3.36. The van der Waals surface area contributed by atoms with Crippen LogP contribution in [0.4, 0.5) is 5.69 Å². The minimum atomic E-state index is -0.515. The van der Waals surface area contributed by atoms with Gasteiger partial charge in [0.15, 0.2) is 4.96 Å². The third kappa shape index (κ3) is 3.48. The predicted molar refractivity (Wildman–Crippen MR) is 123 cm³/mol. The molecule has 0 atom stereocenters. The number of nitrogens with zero attached hydrogens (tertiary/aromatic N) is 4. The molecule has 0 saturated carbocycles. The molecule has 0 N–H and O–H groups in total. The maximum atomic E-state index is 13.0. The molecule has 5 rings (SSSR count). The molecule has 158 valence electrons. The van der Waals surface area contributed by atoms with Crippen molar-refractivity contribution in [3.8, 4) is 11.6 Å². The maximum absolute atomic E-state index is 13.0. The topological polar surface area (TPSA) is 99.6 Å². The van der Waals surface area contributed by atoms with Gasteiger partial charge in [-0.05, 0) is 60.9 Å². The molecule has 3 heterocycles. The van der Waals surface area contributed by atoms with Crippen LogP contribution in [-0.4, -0.2) is 19.3 Å². The van der Waals surface area contributed by atoms with Gasteiger partial charge in [0.05, 0.1) is 20.5 Å². The summed E-state index contributed by atoms with van der Waals surface area (Å²) in [5.74, 6) is 0.787. The molecule has 0 aliphatic rings. The summed E-state index contributed by atoms with van der Waals surface area (Å²) in [6.45, 7) is 4.05. The number of aryl methyl sites for hydroxylation is 2. The van der Waals surface area contributed by atoms with Crippen LogP contribution in [0.5, 0.6) is 11.6 Å². The zero-order valence-electron chi connectivity index (χ0n) is 17.1. The van der Waals surface area contributed by atoms with Crippen molar-refractivity contribution in [2.45, 2.75) is 13.8 Å². The van der Waals surface area contributed by atoms with E-state index in [2.05, 4.69) is 9.97 Å². The Morgan fingerprint density at radius 1 is 1.09 bits per heavy atom. The fourth-order valence-corrected chi connectivity index (χ4v) is 4.35. The summed E-state index contributed by atoms with van der Waals surface area (Å²) in [6.07, 6.45) is 2.97. The van der Waals surface area contributed by atoms with Gasteiger partial charge in [0.1, 0.15) is 11.9 Å². The van der Waals surface area contributed by atoms with Crippen LogP contribution in [0.2, 0.25) is 0 Å². The highest BCUT2D eigenvalue weighted by Crippen LogP contribution is 2.23. The molecule has 8 nitrogen and oxygen atoms in total. The predicted octanol–water partition coefficient (Wildman–Crippen LogP) is 4.17. The summed E-state index contributed by atoms with van der Waals surface area (Å²) < 4.78 is 7.88. The first-order valence-corrected chi connectivity index (χ1v) is 10.5. The number of aromatic nitrogens is 3. The summed E-state index contributed by atoms with van der Waals surface area (Å²) in [5.41, 5.74) is 4.56. The van der Waals surface area contributed by atoms with E-state index in [1.165, 1.54) is 23.5 Å². The summed E-state index contributed by atoms with van der Waals surface area (Å²) in [4.78, 5) is 32.4. The highest BCUT2D eigenvalue weighted by molar-refractivity contribution is 7.15. The van der Waals surface area contributed by atoms with Gasteiger partial charge in [0.2, 0.25) is 5.88 Å². The van der Waals surface area contributed by atoms with Crippen LogP contribution in [0.1, 0.15) is 16.7 Å². The molecule has 2 aromatic carbocycles. The van der Waals surface area contributed by atoms with Gasteiger partial charge in [-0.1, -0.05) is 23.5 Å². The molecule has 0 saturated heterocycles. The number of rotatable bonds is 4. The summed E-state index contributed by atoms with van der Waals surface area (Å²) in [7, 11) is 0. The molecule has 0 spiro atoms. The lowest BCUT2D eigenvalue weighted by Gasteiger charge is -2.04. The number of ether oxygens (including phenoxy) is 1. The Labute approximate surface area is 185 Å². The molecular formula is C23H16N4O4S. The molecule has 3 aromatic heterocycles. The van der Waals surface area contributed by atoms with E-state index in [1.54, 1.807) is 16.5 Å². The van der Waals surface area contributed by atoms with Gasteiger partial charge in [-0.2, -0.15) is 0 Å². The molecule has 9 heteroatoms. The van der Waals surface area contributed by atoms with Crippen LogP contribution in [0.15, 0.2) is 59.5 Å². The third-order valence-corrected chi connectivity index (χ3v) is 6.15. The van der Waals surface area contributed by atoms with E-state index >= 15 is 0 Å². The van der Waals surface area contributed by atoms with Crippen molar-refractivity contribution >= 4 is 39.1 Å². The molecule has 0 fully saturated rings. The highest BCUT2D eigenvalue weighted by Gasteiger charge is 2.12. The molecule has 5 aromatic rings. The molecule has 0 aliphatic carbocycles. The largest absolute Gasteiger partial charge is 0.439 e. The Bertz CT molecular complexity index is 1600. The van der Waals surface area contributed by atoms with E-state index < -0.39 is 4.92 Å². The third-order valence-electron chi connectivity index (χ3n) is 5.19. The highest BCUT2D eigenvalue weighted by atomic mass is 32.1. The van der Waals surface area contributed by atoms with Crippen LogP contribution in [-0.2, 0) is 0 Å². The monoisotopic (exact) mass is 444 g/mol. The number of imidazole rings is 1. The van der Waals surface area contributed by atoms with Crippen molar-refractivity contribution in [1.29, 1.82) is 0 Å². The molecular weight excluding hydrogens is 428 g/mol. The Kier molecular flexibility index (Phi) is 4.67. The fraction of sp³-hybridized carbons (Fsp3) is 0.0870. The minimum absolute atomic E-state index is 0.0915. The molecule has 0 bridgehead atoms. The van der Waals surface area contributed by atoms with E-state index in [4.69, 9.17) is 4.74 Å². The molecule has 0 amide bonds. The zero-order valence-corrected chi connectivity index (χ0v) is 17.9. The first-order valence-electron chi connectivity index (χ1n) is 9.71. The average Bonchev–Trinajstić information content (AvgIpc) is 3.26. The van der Waals surface area contributed by atoms with E-state index in [0.717, 1.165) is 33.9 Å². The molecule has 0 radical (unpaired) electrons. The SMILES string of the molecule is Cc1cc2nc3s/c(=C\c4ccc(Oc5ccc([N+](=O)[O-])cn5)cc4)c(=O)n3c2cc1C. The van der Waals surface area contributed by atoms with Crippen molar-refractivity contribution < 1.29 is 9.66 Å². The van der Waals surface area contributed by atoms with E-state index in [-0.39, 0.29) is 17.1 Å². The summed E-state index contributed by atoms with van der Waals surface area (Å²) in [6, 6.07) is 13.9. The van der Waals surface area contributed by atoms with Crippen molar-refractivity contribution in [3.05, 3.63) is 96.4 Å². The second-order valence-electron chi connectivity index (χ2n) is 7.35. The smallest absolute Gasteiger partial charge is 0.287 e. The van der Waals surface area contributed by atoms with E-state index in [1.807, 2.05) is 44.2 Å². The van der Waals surface area contributed by atoms with Crippen LogP contribution in [0, 0.1) is 24.0 Å². The van der Waals surface area contributed by atoms with Gasteiger partial charge in [0.25, 0.3) is 11.2 Å². The lowest BCUT2D eigenvalue weighted by Crippen LogP contribution is -2.22. The average molecular weight is 444 g/mol. The Hall–Kier alpha value is -4.11. The zero-order chi connectivity index (χ0) is 22.4. The normalized spacial score (nSPS) is 12.0. The number of nitro groups is 1. The van der Waals surface area contributed by atoms with Crippen molar-refractivity contribution in [2.24, 2.45) is 0 Å². The van der Waals surface area contributed by atoms with Crippen molar-refractivity contribution in [2.75, 3.05) is 0 Å². The number of benzene rings is 2. The van der Waals surface area contributed by atoms with Crippen LogP contribution in [0.3, 0.4) is 0 Å². The number of hydrogen-bond donors (Lipinski definition) is 0. The lowest BCUT2D eigenvalue weighted by atomic mass is 10.1. The Morgan fingerprint density at radius 2 is 1.84 bits per heavy atom. The van der Waals surface area contributed by atoms with Crippen LogP contribution < -0.4 is 14.8 Å². The van der Waals surface area contributed by atoms with E-state index in [9.17, 15) is 14.9 Å². The van der Waals surface area contributed by atoms with Gasteiger partial charge in [-0.25, -0.2) is 14.4 Å². The number of pyridine rings is 1. The van der Waals surface area contributed by atoms with Gasteiger partial charge in [-0.3, -0.25) is 14.9 Å². The van der Waals surface area contributed by atoms with Gasteiger partial charge >= 0.3 is 0 Å². The Morgan fingerprint density at radius 3 is 2.53 bits per heavy atom. The van der Waals surface area contributed by atoms with E-state index in [0.29, 0.717) is 15.2 Å². The standard InChI is InChI=1S/C23H16N4O4S/c1-13-9-18-19(10-14(13)2)26-22(28)20(32-23(26)25-18)11-15-3-6-17(7-4-15)31-21-8-5-16(12-24-21)27(29)30/h3-12H,1-2H3/b20-11-. The first-order chi connectivity index (χ1) is 15.4. The van der Waals surface area contributed by atoms with Crippen molar-refractivity contribution in [3.63, 3.8) is 0 Å². The second kappa shape index (κ2) is 7.54. The number of fused-ring (bicyclic) bond motifs is 3. The lowest BCUT2D eigenvalue weighted by molar-refractivity contribution is -0.385. The van der Waals surface area contributed by atoms with Gasteiger partial charge in [-0.15, -0.1) is 0 Å². The first kappa shape index (κ1) is 19.8. The van der Waals surface area contributed by atoms with Gasteiger partial charge < -0.3 is 4.74 Å². The Balaban J connectivity index is 1.44. The number of thiazole rings is 1. The second-order valence-corrected chi connectivity index (χ2v) is 8.36. The maximum Gasteiger partial charge on any atom is 0.287 e. The van der Waals surface area contributed by atoms with Gasteiger partial charge in [0, 0.05) is 12.1 Å². The van der Waals surface area contributed by atoms with Crippen LogP contribution >= 0.6 is 11.3 Å². The van der Waals surface area contributed by atoms with Crippen molar-refractivity contribution in [1.82, 2.24) is 14.4 Å². The van der Waals surface area contributed by atoms with Crippen LogP contribution in [0.25, 0.3) is 22.1 Å². The summed E-state index contributed by atoms with van der Waals surface area (Å²) >= 11 is 1.35. The molecule has 0 aliphatic heterocycles. The molecule has 32 heavy (non-hydrogen) atoms. The summed E-state index contributed by atoms with van der Waals surface area (Å²) in [5, 5.41) is 10.7.